The lowest BCUT2D eigenvalue weighted by Crippen LogP contribution is -2.22. The summed E-state index contributed by atoms with van der Waals surface area (Å²) in [6.45, 7) is 3.27. The largest absolute Gasteiger partial charge is 0.545 e. The van der Waals surface area contributed by atoms with Gasteiger partial charge in [-0.2, -0.15) is 0 Å². The lowest BCUT2D eigenvalue weighted by molar-refractivity contribution is -0.295. The van der Waals surface area contributed by atoms with Crippen molar-refractivity contribution in [1.82, 2.24) is 0 Å². The minimum absolute atomic E-state index is 0.144. The average molecular weight is 165 g/mol. The molecule has 0 unspecified atom stereocenters. The van der Waals surface area contributed by atoms with Crippen LogP contribution in [0, 0.1) is 5.82 Å². The summed E-state index contributed by atoms with van der Waals surface area (Å²) >= 11 is 0. The Morgan fingerprint density at radius 1 is 1.33 bits per heavy atom. The van der Waals surface area contributed by atoms with E-state index in [1.807, 2.05) is 0 Å². The van der Waals surface area contributed by atoms with Crippen LogP contribution in [0.2, 0.25) is 0 Å². The first-order chi connectivity index (χ1) is 5.61. The highest BCUT2D eigenvalue weighted by Gasteiger charge is 1.98. The van der Waals surface area contributed by atoms with E-state index in [1.165, 1.54) is 24.3 Å². The normalized spacial score (nSPS) is 9.42. The number of carbonyl (C=O) groups is 1. The molecule has 0 saturated carbocycles. The second-order valence-corrected chi connectivity index (χ2v) is 2.27. The predicted molar refractivity (Wildman–Crippen MR) is 40.4 cm³/mol. The van der Waals surface area contributed by atoms with Crippen molar-refractivity contribution in [2.24, 2.45) is 0 Å². The van der Waals surface area contributed by atoms with Crippen molar-refractivity contribution in [3.8, 4) is 0 Å². The van der Waals surface area contributed by atoms with Crippen LogP contribution in [0.15, 0.2) is 30.8 Å². The van der Waals surface area contributed by atoms with Gasteiger partial charge in [0, 0.05) is 0 Å². The zero-order valence-electron chi connectivity index (χ0n) is 6.21. The van der Waals surface area contributed by atoms with Gasteiger partial charge in [0.2, 0.25) is 0 Å². The number of halogens is 1. The number of aliphatic carboxylic acids is 1. The standard InChI is InChI=1S/C9H7FO2/c1-6(9(11)12)7-2-4-8(10)5-3-7/h2-5H,1H2,(H,11,12)/p-1. The van der Waals surface area contributed by atoms with Crippen molar-refractivity contribution < 1.29 is 14.3 Å². The molecule has 0 N–H and O–H groups in total. The molecular formula is C9H6FO2-. The topological polar surface area (TPSA) is 40.1 Å². The van der Waals surface area contributed by atoms with Crippen LogP contribution in [0.1, 0.15) is 5.56 Å². The predicted octanol–water partition coefficient (Wildman–Crippen LogP) is 0.589. The molecule has 0 spiro atoms. The van der Waals surface area contributed by atoms with Gasteiger partial charge in [-0.15, -0.1) is 0 Å². The SMILES string of the molecule is C=C(C(=O)[O-])c1ccc(F)cc1. The fraction of sp³-hybridized carbons (Fsp3) is 0. The molecule has 0 radical (unpaired) electrons. The van der Waals surface area contributed by atoms with Gasteiger partial charge in [-0.1, -0.05) is 18.7 Å². The number of hydrogen-bond acceptors (Lipinski definition) is 2. The van der Waals surface area contributed by atoms with Gasteiger partial charge in [0.15, 0.2) is 0 Å². The molecule has 1 aromatic rings. The van der Waals surface area contributed by atoms with E-state index in [9.17, 15) is 14.3 Å². The molecule has 0 aliphatic rings. The smallest absolute Gasteiger partial charge is 0.123 e. The molecule has 0 amide bonds. The third kappa shape index (κ3) is 1.69. The Morgan fingerprint density at radius 3 is 2.25 bits per heavy atom. The van der Waals surface area contributed by atoms with Crippen LogP contribution in [0.25, 0.3) is 5.57 Å². The minimum atomic E-state index is -1.35. The zero-order valence-corrected chi connectivity index (χ0v) is 6.21. The number of carboxylic acids is 1. The summed E-state index contributed by atoms with van der Waals surface area (Å²) in [5, 5.41) is 10.3. The highest BCUT2D eigenvalue weighted by molar-refractivity contribution is 6.13. The van der Waals surface area contributed by atoms with E-state index in [1.54, 1.807) is 0 Å². The summed E-state index contributed by atoms with van der Waals surface area (Å²) in [6, 6.07) is 5.02. The molecule has 0 aliphatic carbocycles. The molecule has 62 valence electrons. The molecule has 0 aliphatic heterocycles. The third-order valence-corrected chi connectivity index (χ3v) is 1.44. The molecule has 0 fully saturated rings. The lowest BCUT2D eigenvalue weighted by atomic mass is 10.1. The van der Waals surface area contributed by atoms with E-state index in [0.717, 1.165) is 0 Å². The summed E-state index contributed by atoms with van der Waals surface area (Å²) < 4.78 is 12.4. The molecule has 12 heavy (non-hydrogen) atoms. The molecular weight excluding hydrogens is 159 g/mol. The van der Waals surface area contributed by atoms with Crippen molar-refractivity contribution in [3.05, 3.63) is 42.2 Å². The Hall–Kier alpha value is -1.64. The fourth-order valence-electron chi connectivity index (χ4n) is 0.769. The molecule has 0 saturated heterocycles. The molecule has 0 heterocycles. The first-order valence-corrected chi connectivity index (χ1v) is 3.27. The van der Waals surface area contributed by atoms with Crippen LogP contribution in [-0.2, 0) is 4.79 Å². The van der Waals surface area contributed by atoms with Crippen molar-refractivity contribution in [2.45, 2.75) is 0 Å². The maximum absolute atomic E-state index is 12.4. The number of benzene rings is 1. The van der Waals surface area contributed by atoms with Gasteiger partial charge in [0.05, 0.1) is 5.97 Å². The quantitative estimate of drug-likeness (QED) is 0.601. The van der Waals surface area contributed by atoms with Crippen molar-refractivity contribution in [3.63, 3.8) is 0 Å². The Bertz CT molecular complexity index is 314. The van der Waals surface area contributed by atoms with Crippen molar-refractivity contribution in [2.75, 3.05) is 0 Å². The van der Waals surface area contributed by atoms with Crippen LogP contribution >= 0.6 is 0 Å². The molecule has 0 atom stereocenters. The van der Waals surface area contributed by atoms with Crippen LogP contribution in [0.5, 0.6) is 0 Å². The second-order valence-electron chi connectivity index (χ2n) is 2.27. The van der Waals surface area contributed by atoms with Gasteiger partial charge in [-0.3, -0.25) is 0 Å². The first kappa shape index (κ1) is 8.46. The van der Waals surface area contributed by atoms with E-state index >= 15 is 0 Å². The van der Waals surface area contributed by atoms with E-state index in [4.69, 9.17) is 0 Å². The van der Waals surface area contributed by atoms with E-state index in [-0.39, 0.29) is 5.57 Å². The number of rotatable bonds is 2. The number of hydrogen-bond donors (Lipinski definition) is 0. The van der Waals surface area contributed by atoms with Crippen LogP contribution in [-0.4, -0.2) is 5.97 Å². The zero-order chi connectivity index (χ0) is 9.14. The summed E-state index contributed by atoms with van der Waals surface area (Å²) in [4.78, 5) is 10.3. The fourth-order valence-corrected chi connectivity index (χ4v) is 0.769. The van der Waals surface area contributed by atoms with Gasteiger partial charge in [-0.25, -0.2) is 4.39 Å². The van der Waals surface area contributed by atoms with Crippen molar-refractivity contribution >= 4 is 11.5 Å². The highest BCUT2D eigenvalue weighted by Crippen LogP contribution is 2.11. The molecule has 1 rings (SSSR count). The Kier molecular flexibility index (Phi) is 2.24. The van der Waals surface area contributed by atoms with Gasteiger partial charge in [0.25, 0.3) is 0 Å². The maximum atomic E-state index is 12.4. The molecule has 1 aromatic carbocycles. The van der Waals surface area contributed by atoms with Crippen LogP contribution < -0.4 is 5.11 Å². The van der Waals surface area contributed by atoms with Crippen LogP contribution in [0.4, 0.5) is 4.39 Å². The lowest BCUT2D eigenvalue weighted by Gasteiger charge is -2.05. The van der Waals surface area contributed by atoms with Gasteiger partial charge >= 0.3 is 0 Å². The highest BCUT2D eigenvalue weighted by atomic mass is 19.1. The van der Waals surface area contributed by atoms with Crippen LogP contribution in [0.3, 0.4) is 0 Å². The third-order valence-electron chi connectivity index (χ3n) is 1.44. The number of carbonyl (C=O) groups excluding carboxylic acids is 1. The Labute approximate surface area is 69.0 Å². The Morgan fingerprint density at radius 2 is 1.83 bits per heavy atom. The van der Waals surface area contributed by atoms with E-state index in [2.05, 4.69) is 6.58 Å². The minimum Gasteiger partial charge on any atom is -0.545 e. The number of carboxylic acid groups (broad SMARTS) is 1. The monoisotopic (exact) mass is 165 g/mol. The van der Waals surface area contributed by atoms with Crippen molar-refractivity contribution in [1.29, 1.82) is 0 Å². The molecule has 3 heteroatoms. The van der Waals surface area contributed by atoms with Gasteiger partial charge < -0.3 is 9.90 Å². The average Bonchev–Trinajstić information content (AvgIpc) is 2.04. The second kappa shape index (κ2) is 3.17. The summed E-state index contributed by atoms with van der Waals surface area (Å²) in [6.07, 6.45) is 0. The summed E-state index contributed by atoms with van der Waals surface area (Å²) in [5.41, 5.74) is 0.214. The maximum Gasteiger partial charge on any atom is 0.123 e. The van der Waals surface area contributed by atoms with Gasteiger partial charge in [-0.05, 0) is 23.3 Å². The van der Waals surface area contributed by atoms with E-state index in [0.29, 0.717) is 5.56 Å². The van der Waals surface area contributed by atoms with Gasteiger partial charge in [0.1, 0.15) is 5.82 Å². The molecule has 0 aromatic heterocycles. The van der Waals surface area contributed by atoms with E-state index < -0.39 is 11.8 Å². The summed E-state index contributed by atoms with van der Waals surface area (Å²) in [5.74, 6) is -1.76. The summed E-state index contributed by atoms with van der Waals surface area (Å²) in [7, 11) is 0. The Balaban J connectivity index is 2.98. The molecule has 0 bridgehead atoms. The molecule has 2 nitrogen and oxygen atoms in total. The first-order valence-electron chi connectivity index (χ1n) is 3.27.